The van der Waals surface area contributed by atoms with Crippen LogP contribution in [-0.4, -0.2) is 18.6 Å². The van der Waals surface area contributed by atoms with Gasteiger partial charge in [0.05, 0.1) is 11.2 Å². The first-order chi connectivity index (χ1) is 5.35. The molecule has 1 fully saturated rings. The summed E-state index contributed by atoms with van der Waals surface area (Å²) >= 11 is 0. The summed E-state index contributed by atoms with van der Waals surface area (Å²) in [5.74, 6) is 0. The maximum absolute atomic E-state index is 12.5. The summed E-state index contributed by atoms with van der Waals surface area (Å²) < 4.78 is 22.2. The number of rotatable bonds is 0. The van der Waals surface area contributed by atoms with Crippen molar-refractivity contribution in [3.63, 3.8) is 0 Å². The summed E-state index contributed by atoms with van der Waals surface area (Å²) in [6.07, 6.45) is 0. The third-order valence-corrected chi connectivity index (χ3v) is 2.22. The molecular formula is C8H18BFO2. The van der Waals surface area contributed by atoms with Crippen molar-refractivity contribution < 1.29 is 13.6 Å². The fraction of sp³-hybridized carbons (Fsp3) is 1.00. The first-order valence-electron chi connectivity index (χ1n) is 4.35. The lowest BCUT2D eigenvalue weighted by molar-refractivity contribution is 0.00578. The molecule has 0 aliphatic carbocycles. The van der Waals surface area contributed by atoms with Crippen molar-refractivity contribution in [3.8, 4) is 0 Å². The Kier molecular flexibility index (Phi) is 3.72. The Morgan fingerprint density at radius 1 is 0.917 bits per heavy atom. The van der Waals surface area contributed by atoms with Crippen molar-refractivity contribution in [3.05, 3.63) is 0 Å². The Morgan fingerprint density at radius 2 is 1.17 bits per heavy atom. The van der Waals surface area contributed by atoms with Gasteiger partial charge < -0.3 is 9.31 Å². The standard InChI is InChI=1S/C6H12BFO2.C2H6/c1-5(2)6(3,4)10-7(8)9-5;1-2/h1-4H3;1-2H3. The average Bonchev–Trinajstić information content (AvgIpc) is 2.04. The van der Waals surface area contributed by atoms with Gasteiger partial charge in [-0.3, -0.25) is 4.32 Å². The van der Waals surface area contributed by atoms with Crippen molar-refractivity contribution in [1.82, 2.24) is 0 Å². The fourth-order valence-corrected chi connectivity index (χ4v) is 0.771. The molecule has 1 aliphatic rings. The Balaban J connectivity index is 0.000000561. The normalized spacial score (nSPS) is 24.8. The lowest BCUT2D eigenvalue weighted by atomic mass is 9.90. The van der Waals surface area contributed by atoms with E-state index in [4.69, 9.17) is 9.31 Å². The highest BCUT2D eigenvalue weighted by molar-refractivity contribution is 6.36. The highest BCUT2D eigenvalue weighted by atomic mass is 19.1. The molecule has 1 aliphatic heterocycles. The molecule has 4 heteroatoms. The van der Waals surface area contributed by atoms with Gasteiger partial charge in [0.15, 0.2) is 0 Å². The maximum Gasteiger partial charge on any atom is 0.681 e. The smallest absolute Gasteiger partial charge is 0.375 e. The van der Waals surface area contributed by atoms with E-state index in [0.717, 1.165) is 0 Å². The van der Waals surface area contributed by atoms with Crippen LogP contribution < -0.4 is 0 Å². The monoisotopic (exact) mass is 176 g/mol. The predicted molar refractivity (Wildman–Crippen MR) is 48.5 cm³/mol. The highest BCUT2D eigenvalue weighted by Crippen LogP contribution is 2.36. The van der Waals surface area contributed by atoms with Crippen LogP contribution in [0, 0.1) is 0 Å². The topological polar surface area (TPSA) is 18.5 Å². The molecule has 0 aromatic rings. The summed E-state index contributed by atoms with van der Waals surface area (Å²) in [4.78, 5) is 0. The number of halogens is 1. The highest BCUT2D eigenvalue weighted by Gasteiger charge is 2.52. The van der Waals surface area contributed by atoms with E-state index in [9.17, 15) is 4.32 Å². The second-order valence-electron chi connectivity index (χ2n) is 3.53. The molecule has 0 spiro atoms. The van der Waals surface area contributed by atoms with Crippen LogP contribution >= 0.6 is 0 Å². The molecule has 72 valence electrons. The van der Waals surface area contributed by atoms with Crippen molar-refractivity contribution in [1.29, 1.82) is 0 Å². The zero-order valence-electron chi connectivity index (χ0n) is 8.77. The van der Waals surface area contributed by atoms with Gasteiger partial charge in [-0.1, -0.05) is 13.8 Å². The molecule has 0 aromatic heterocycles. The van der Waals surface area contributed by atoms with Crippen LogP contribution in [0.15, 0.2) is 0 Å². The zero-order valence-corrected chi connectivity index (χ0v) is 8.77. The molecule has 1 heterocycles. The van der Waals surface area contributed by atoms with Gasteiger partial charge in [-0.05, 0) is 27.7 Å². The van der Waals surface area contributed by atoms with Crippen molar-refractivity contribution >= 4 is 7.40 Å². The molecule has 0 unspecified atom stereocenters. The SMILES string of the molecule is CC.CC1(C)OB(F)OC1(C)C. The van der Waals surface area contributed by atoms with E-state index in [1.807, 2.05) is 41.5 Å². The summed E-state index contributed by atoms with van der Waals surface area (Å²) in [6, 6.07) is 0. The van der Waals surface area contributed by atoms with Crippen LogP contribution in [-0.2, 0) is 9.31 Å². The molecule has 0 saturated carbocycles. The number of hydrogen-bond acceptors (Lipinski definition) is 2. The third kappa shape index (κ3) is 2.20. The quantitative estimate of drug-likeness (QED) is 0.528. The molecule has 0 amide bonds. The van der Waals surface area contributed by atoms with Gasteiger partial charge in [0, 0.05) is 0 Å². The van der Waals surface area contributed by atoms with E-state index in [0.29, 0.717) is 0 Å². The summed E-state index contributed by atoms with van der Waals surface area (Å²) in [7, 11) is -1.56. The predicted octanol–water partition coefficient (Wildman–Crippen LogP) is 2.57. The molecule has 12 heavy (non-hydrogen) atoms. The van der Waals surface area contributed by atoms with E-state index in [-0.39, 0.29) is 0 Å². The van der Waals surface area contributed by atoms with Gasteiger partial charge in [0.1, 0.15) is 0 Å². The van der Waals surface area contributed by atoms with E-state index in [1.54, 1.807) is 0 Å². The molecule has 0 atom stereocenters. The van der Waals surface area contributed by atoms with Crippen molar-refractivity contribution in [2.75, 3.05) is 0 Å². The molecule has 0 N–H and O–H groups in total. The molecule has 0 bridgehead atoms. The van der Waals surface area contributed by atoms with Crippen LogP contribution in [0.3, 0.4) is 0 Å². The Labute approximate surface area is 74.6 Å². The fourth-order valence-electron chi connectivity index (χ4n) is 0.771. The number of hydrogen-bond donors (Lipinski definition) is 0. The van der Waals surface area contributed by atoms with Gasteiger partial charge in [-0.2, -0.15) is 0 Å². The van der Waals surface area contributed by atoms with Gasteiger partial charge in [0.2, 0.25) is 0 Å². The van der Waals surface area contributed by atoms with Crippen molar-refractivity contribution in [2.24, 2.45) is 0 Å². The molecule has 0 radical (unpaired) electrons. The molecule has 1 rings (SSSR count). The minimum Gasteiger partial charge on any atom is -0.375 e. The lowest BCUT2D eigenvalue weighted by Crippen LogP contribution is -2.41. The van der Waals surface area contributed by atoms with E-state index in [1.165, 1.54) is 0 Å². The first kappa shape index (κ1) is 11.9. The van der Waals surface area contributed by atoms with Crippen molar-refractivity contribution in [2.45, 2.75) is 52.7 Å². The molecule has 2 nitrogen and oxygen atoms in total. The Morgan fingerprint density at radius 3 is 1.25 bits per heavy atom. The van der Waals surface area contributed by atoms with Crippen LogP contribution in [0.2, 0.25) is 0 Å². The van der Waals surface area contributed by atoms with Gasteiger partial charge in [-0.25, -0.2) is 0 Å². The van der Waals surface area contributed by atoms with Gasteiger partial charge in [0.25, 0.3) is 0 Å². The Bertz CT molecular complexity index is 132. The summed E-state index contributed by atoms with van der Waals surface area (Å²) in [5, 5.41) is 0. The minimum absolute atomic E-state index is 0.535. The van der Waals surface area contributed by atoms with E-state index in [2.05, 4.69) is 0 Å². The lowest BCUT2D eigenvalue weighted by Gasteiger charge is -2.31. The van der Waals surface area contributed by atoms with Gasteiger partial charge in [-0.15, -0.1) is 0 Å². The van der Waals surface area contributed by atoms with Crippen LogP contribution in [0.1, 0.15) is 41.5 Å². The molecule has 1 saturated heterocycles. The van der Waals surface area contributed by atoms with E-state index < -0.39 is 18.6 Å². The second kappa shape index (κ2) is 3.75. The zero-order chi connectivity index (χ0) is 9.99. The first-order valence-corrected chi connectivity index (χ1v) is 4.35. The summed E-state index contributed by atoms with van der Waals surface area (Å²) in [6.45, 7) is 11.2. The third-order valence-electron chi connectivity index (χ3n) is 2.22. The summed E-state index contributed by atoms with van der Waals surface area (Å²) in [5.41, 5.74) is -1.07. The Hall–Kier alpha value is -0.0851. The van der Waals surface area contributed by atoms with Crippen LogP contribution in [0.4, 0.5) is 4.32 Å². The van der Waals surface area contributed by atoms with E-state index >= 15 is 0 Å². The van der Waals surface area contributed by atoms with Crippen LogP contribution in [0.25, 0.3) is 0 Å². The van der Waals surface area contributed by atoms with Gasteiger partial charge >= 0.3 is 7.40 Å². The molecule has 0 aromatic carbocycles. The minimum atomic E-state index is -1.56. The molecular weight excluding hydrogens is 158 g/mol. The maximum atomic E-state index is 12.5. The average molecular weight is 176 g/mol. The second-order valence-corrected chi connectivity index (χ2v) is 3.53. The largest absolute Gasteiger partial charge is 0.681 e. The van der Waals surface area contributed by atoms with Crippen LogP contribution in [0.5, 0.6) is 0 Å².